The number of alkyl halides is 3. The fourth-order valence-electron chi connectivity index (χ4n) is 2.75. The van der Waals surface area contributed by atoms with Crippen molar-refractivity contribution < 1.29 is 18.3 Å². The molecule has 0 saturated heterocycles. The molecule has 1 aromatic heterocycles. The molecule has 21 heavy (non-hydrogen) atoms. The second kappa shape index (κ2) is 6.54. The number of pyridine rings is 1. The summed E-state index contributed by atoms with van der Waals surface area (Å²) in [7, 11) is 0. The molecular weight excluding hydrogens is 301 g/mol. The first-order valence-electron chi connectivity index (χ1n) is 6.94. The molecule has 3 nitrogen and oxygen atoms in total. The molecule has 1 heterocycles. The summed E-state index contributed by atoms with van der Waals surface area (Å²) in [6.45, 7) is 0.265. The van der Waals surface area contributed by atoms with E-state index in [1.165, 1.54) is 17.8 Å². The minimum Gasteiger partial charge on any atom is -0.388 e. The monoisotopic (exact) mass is 320 g/mol. The standard InChI is InChI=1S/C14H19F3N2OS/c15-14(16,17)11-3-4-12(19-8-11)21-7-5-10-2-1-6-13(10,20)9-18/h3-4,8,10,20H,1-2,5-7,9,18H2. The lowest BCUT2D eigenvalue weighted by Gasteiger charge is -2.28. The highest BCUT2D eigenvalue weighted by atomic mass is 32.2. The molecule has 118 valence electrons. The average Bonchev–Trinajstić information content (AvgIpc) is 2.81. The molecule has 2 unspecified atom stereocenters. The molecule has 2 rings (SSSR count). The van der Waals surface area contributed by atoms with Crippen LogP contribution in [0.25, 0.3) is 0 Å². The van der Waals surface area contributed by atoms with E-state index >= 15 is 0 Å². The number of nitrogens with two attached hydrogens (primary N) is 1. The second-order valence-corrected chi connectivity index (χ2v) is 6.53. The minimum absolute atomic E-state index is 0.171. The third-order valence-corrected chi connectivity index (χ3v) is 5.03. The molecule has 0 spiro atoms. The van der Waals surface area contributed by atoms with Crippen molar-refractivity contribution in [2.24, 2.45) is 11.7 Å². The first-order valence-corrected chi connectivity index (χ1v) is 7.92. The zero-order chi connectivity index (χ0) is 15.5. The minimum atomic E-state index is -4.35. The van der Waals surface area contributed by atoms with Crippen molar-refractivity contribution in [1.29, 1.82) is 0 Å². The quantitative estimate of drug-likeness (QED) is 0.819. The van der Waals surface area contributed by atoms with Gasteiger partial charge in [0.1, 0.15) is 0 Å². The predicted octanol–water partition coefficient (Wildman–Crippen LogP) is 3.07. The summed E-state index contributed by atoms with van der Waals surface area (Å²) in [6.07, 6.45) is -0.0412. The van der Waals surface area contributed by atoms with Crippen LogP contribution < -0.4 is 5.73 Å². The highest BCUT2D eigenvalue weighted by Gasteiger charge is 2.39. The Hall–Kier alpha value is -0.790. The van der Waals surface area contributed by atoms with E-state index in [0.29, 0.717) is 10.8 Å². The predicted molar refractivity (Wildman–Crippen MR) is 75.9 cm³/mol. The number of halogens is 3. The van der Waals surface area contributed by atoms with Gasteiger partial charge in [-0.05, 0) is 43.1 Å². The third kappa shape index (κ3) is 4.11. The van der Waals surface area contributed by atoms with Gasteiger partial charge in [0, 0.05) is 12.7 Å². The van der Waals surface area contributed by atoms with Crippen LogP contribution in [0, 0.1) is 5.92 Å². The van der Waals surface area contributed by atoms with Crippen LogP contribution in [0.5, 0.6) is 0 Å². The number of nitrogens with zero attached hydrogens (tertiary/aromatic N) is 1. The average molecular weight is 320 g/mol. The molecule has 3 N–H and O–H groups in total. The van der Waals surface area contributed by atoms with Crippen molar-refractivity contribution in [3.05, 3.63) is 23.9 Å². The molecule has 0 aliphatic heterocycles. The molecule has 1 aliphatic carbocycles. The molecule has 1 aliphatic rings. The summed E-state index contributed by atoms with van der Waals surface area (Å²) >= 11 is 1.41. The fourth-order valence-corrected chi connectivity index (χ4v) is 3.65. The smallest absolute Gasteiger partial charge is 0.388 e. The molecular formula is C14H19F3N2OS. The number of hydrogen-bond donors (Lipinski definition) is 2. The summed E-state index contributed by atoms with van der Waals surface area (Å²) in [5.74, 6) is 0.884. The Bertz CT molecular complexity index is 466. The Morgan fingerprint density at radius 2 is 2.19 bits per heavy atom. The Balaban J connectivity index is 1.84. The lowest BCUT2D eigenvalue weighted by Crippen LogP contribution is -2.41. The van der Waals surface area contributed by atoms with E-state index in [4.69, 9.17) is 5.73 Å². The van der Waals surface area contributed by atoms with Crippen LogP contribution in [0.15, 0.2) is 23.4 Å². The van der Waals surface area contributed by atoms with Crippen molar-refractivity contribution >= 4 is 11.8 Å². The summed E-state index contributed by atoms with van der Waals surface area (Å²) in [6, 6.07) is 2.43. The molecule has 7 heteroatoms. The topological polar surface area (TPSA) is 59.1 Å². The highest BCUT2D eigenvalue weighted by Crippen LogP contribution is 2.38. The van der Waals surface area contributed by atoms with Gasteiger partial charge in [0.15, 0.2) is 0 Å². The first-order chi connectivity index (χ1) is 9.85. The lowest BCUT2D eigenvalue weighted by atomic mass is 9.89. The normalized spacial score (nSPS) is 26.2. The van der Waals surface area contributed by atoms with Gasteiger partial charge >= 0.3 is 6.18 Å². The maximum atomic E-state index is 12.4. The third-order valence-electron chi connectivity index (χ3n) is 4.06. The Morgan fingerprint density at radius 3 is 2.76 bits per heavy atom. The van der Waals surface area contributed by atoms with Gasteiger partial charge in [-0.2, -0.15) is 13.2 Å². The van der Waals surface area contributed by atoms with Crippen LogP contribution in [0.2, 0.25) is 0 Å². The van der Waals surface area contributed by atoms with E-state index in [1.54, 1.807) is 0 Å². The van der Waals surface area contributed by atoms with Gasteiger partial charge in [0.2, 0.25) is 0 Å². The summed E-state index contributed by atoms with van der Waals surface area (Å²) in [4.78, 5) is 3.82. The summed E-state index contributed by atoms with van der Waals surface area (Å²) < 4.78 is 37.2. The maximum Gasteiger partial charge on any atom is 0.417 e. The molecule has 0 aromatic carbocycles. The summed E-state index contributed by atoms with van der Waals surface area (Å²) in [5, 5.41) is 10.9. The van der Waals surface area contributed by atoms with Gasteiger partial charge < -0.3 is 10.8 Å². The van der Waals surface area contributed by atoms with Gasteiger partial charge in [0.25, 0.3) is 0 Å². The lowest BCUT2D eigenvalue weighted by molar-refractivity contribution is -0.137. The maximum absolute atomic E-state index is 12.4. The van der Waals surface area contributed by atoms with E-state index in [-0.39, 0.29) is 12.5 Å². The van der Waals surface area contributed by atoms with Gasteiger partial charge in [0.05, 0.1) is 16.2 Å². The molecule has 0 radical (unpaired) electrons. The largest absolute Gasteiger partial charge is 0.417 e. The van der Waals surface area contributed by atoms with Crippen LogP contribution in [-0.4, -0.2) is 28.0 Å². The zero-order valence-corrected chi connectivity index (χ0v) is 12.4. The van der Waals surface area contributed by atoms with E-state index in [1.807, 2.05) is 0 Å². The van der Waals surface area contributed by atoms with E-state index in [9.17, 15) is 18.3 Å². The number of aromatic nitrogens is 1. The Kier molecular flexibility index (Phi) is 5.16. The highest BCUT2D eigenvalue weighted by molar-refractivity contribution is 7.99. The van der Waals surface area contributed by atoms with Crippen LogP contribution in [0.4, 0.5) is 13.2 Å². The van der Waals surface area contributed by atoms with Crippen molar-refractivity contribution in [2.45, 2.75) is 42.5 Å². The van der Waals surface area contributed by atoms with E-state index < -0.39 is 17.3 Å². The number of hydrogen-bond acceptors (Lipinski definition) is 4. The zero-order valence-electron chi connectivity index (χ0n) is 11.6. The van der Waals surface area contributed by atoms with Crippen LogP contribution in [-0.2, 0) is 6.18 Å². The van der Waals surface area contributed by atoms with Crippen LogP contribution >= 0.6 is 11.8 Å². The SMILES string of the molecule is NCC1(O)CCCC1CCSc1ccc(C(F)(F)F)cn1. The van der Waals surface area contributed by atoms with Crippen molar-refractivity contribution in [1.82, 2.24) is 4.98 Å². The van der Waals surface area contributed by atoms with Crippen molar-refractivity contribution in [3.8, 4) is 0 Å². The van der Waals surface area contributed by atoms with Gasteiger partial charge in [-0.1, -0.05) is 6.42 Å². The molecule has 0 bridgehead atoms. The van der Waals surface area contributed by atoms with Crippen molar-refractivity contribution in [2.75, 3.05) is 12.3 Å². The number of rotatable bonds is 5. The Labute approximate surface area is 126 Å². The molecule has 0 amide bonds. The molecule has 1 fully saturated rings. The van der Waals surface area contributed by atoms with Gasteiger partial charge in [-0.15, -0.1) is 11.8 Å². The second-order valence-electron chi connectivity index (χ2n) is 5.42. The summed E-state index contributed by atoms with van der Waals surface area (Å²) in [5.41, 5.74) is 4.12. The fraction of sp³-hybridized carbons (Fsp3) is 0.643. The van der Waals surface area contributed by atoms with E-state index in [2.05, 4.69) is 4.98 Å². The van der Waals surface area contributed by atoms with Crippen LogP contribution in [0.1, 0.15) is 31.2 Å². The Morgan fingerprint density at radius 1 is 1.43 bits per heavy atom. The van der Waals surface area contributed by atoms with Crippen molar-refractivity contribution in [3.63, 3.8) is 0 Å². The van der Waals surface area contributed by atoms with Crippen LogP contribution in [0.3, 0.4) is 0 Å². The number of aliphatic hydroxyl groups is 1. The van der Waals surface area contributed by atoms with Gasteiger partial charge in [-0.3, -0.25) is 0 Å². The molecule has 1 aromatic rings. The van der Waals surface area contributed by atoms with E-state index in [0.717, 1.165) is 37.9 Å². The van der Waals surface area contributed by atoms with Gasteiger partial charge in [-0.25, -0.2) is 4.98 Å². The molecule has 2 atom stereocenters. The first kappa shape index (κ1) is 16.6. The molecule has 1 saturated carbocycles. The number of thioether (sulfide) groups is 1.